The van der Waals surface area contributed by atoms with Crippen molar-refractivity contribution in [1.82, 2.24) is 0 Å². The third-order valence-corrected chi connectivity index (χ3v) is 3.47. The summed E-state index contributed by atoms with van der Waals surface area (Å²) < 4.78 is 0. The van der Waals surface area contributed by atoms with Crippen LogP contribution in [0.3, 0.4) is 0 Å². The Morgan fingerprint density at radius 1 is 1.09 bits per heavy atom. The molecule has 0 saturated carbocycles. The number of carbonyl (C=O) groups is 2. The van der Waals surface area contributed by atoms with Crippen molar-refractivity contribution < 1.29 is 14.7 Å². The van der Waals surface area contributed by atoms with E-state index in [-0.39, 0.29) is 11.3 Å². The van der Waals surface area contributed by atoms with E-state index >= 15 is 0 Å². The number of carbonyl (C=O) groups excluding carboxylic acids is 1. The van der Waals surface area contributed by atoms with Gasteiger partial charge in [-0.15, -0.1) is 0 Å². The molecular formula is C17H13Cl2NO3. The zero-order valence-corrected chi connectivity index (χ0v) is 13.7. The molecule has 0 bridgehead atoms. The van der Waals surface area contributed by atoms with Crippen molar-refractivity contribution in [2.75, 3.05) is 5.32 Å². The molecule has 0 atom stereocenters. The number of amides is 1. The molecule has 0 aliphatic heterocycles. The molecule has 0 aliphatic carbocycles. The summed E-state index contributed by atoms with van der Waals surface area (Å²) in [5, 5.41) is 12.6. The van der Waals surface area contributed by atoms with E-state index in [2.05, 4.69) is 5.32 Å². The van der Waals surface area contributed by atoms with E-state index in [4.69, 9.17) is 28.3 Å². The van der Waals surface area contributed by atoms with Crippen molar-refractivity contribution in [3.63, 3.8) is 0 Å². The van der Waals surface area contributed by atoms with E-state index in [1.165, 1.54) is 12.1 Å². The van der Waals surface area contributed by atoms with Crippen LogP contribution in [0.25, 0.3) is 6.08 Å². The van der Waals surface area contributed by atoms with Crippen molar-refractivity contribution in [2.24, 2.45) is 0 Å². The van der Waals surface area contributed by atoms with Crippen LogP contribution in [0.4, 0.5) is 5.69 Å². The highest BCUT2D eigenvalue weighted by Gasteiger charge is 2.12. The third-order valence-electron chi connectivity index (χ3n) is 3.03. The number of benzene rings is 2. The first-order valence-corrected chi connectivity index (χ1v) is 7.40. The van der Waals surface area contributed by atoms with Crippen LogP contribution in [0.1, 0.15) is 22.8 Å². The summed E-state index contributed by atoms with van der Waals surface area (Å²) in [5.74, 6) is -1.51. The summed E-state index contributed by atoms with van der Waals surface area (Å²) in [5.41, 5.74) is 1.34. The Morgan fingerprint density at radius 2 is 1.70 bits per heavy atom. The van der Waals surface area contributed by atoms with Gasteiger partial charge >= 0.3 is 5.97 Å². The van der Waals surface area contributed by atoms with E-state index < -0.39 is 11.9 Å². The Balaban J connectivity index is 2.23. The lowest BCUT2D eigenvalue weighted by Crippen LogP contribution is -2.15. The molecule has 118 valence electrons. The van der Waals surface area contributed by atoms with Gasteiger partial charge in [0.1, 0.15) is 0 Å². The zero-order valence-electron chi connectivity index (χ0n) is 12.1. The quantitative estimate of drug-likeness (QED) is 0.783. The first kappa shape index (κ1) is 17.1. The van der Waals surface area contributed by atoms with Crippen LogP contribution < -0.4 is 5.32 Å². The highest BCUT2D eigenvalue weighted by atomic mass is 35.5. The zero-order chi connectivity index (χ0) is 17.0. The summed E-state index contributed by atoms with van der Waals surface area (Å²) in [7, 11) is 0. The molecule has 0 heterocycles. The number of halogens is 2. The number of carboxylic acid groups (broad SMARTS) is 1. The van der Waals surface area contributed by atoms with E-state index in [0.29, 0.717) is 21.2 Å². The van der Waals surface area contributed by atoms with Gasteiger partial charge in [0.2, 0.25) is 0 Å². The molecule has 4 nitrogen and oxygen atoms in total. The Morgan fingerprint density at radius 3 is 2.30 bits per heavy atom. The van der Waals surface area contributed by atoms with Gasteiger partial charge in [0, 0.05) is 15.6 Å². The minimum atomic E-state index is -1.11. The smallest absolute Gasteiger partial charge is 0.337 e. The van der Waals surface area contributed by atoms with Gasteiger partial charge in [0.25, 0.3) is 5.91 Å². The second-order valence-corrected chi connectivity index (χ2v) is 5.71. The molecule has 0 aromatic heterocycles. The summed E-state index contributed by atoms with van der Waals surface area (Å²) in [4.78, 5) is 23.4. The number of rotatable bonds is 4. The molecule has 0 radical (unpaired) electrons. The van der Waals surface area contributed by atoms with Gasteiger partial charge in [-0.05, 0) is 48.9 Å². The molecule has 0 spiro atoms. The van der Waals surface area contributed by atoms with Crippen molar-refractivity contribution in [3.8, 4) is 0 Å². The second kappa shape index (κ2) is 7.31. The van der Waals surface area contributed by atoms with E-state index in [1.807, 2.05) is 0 Å². The number of carboxylic acids is 1. The van der Waals surface area contributed by atoms with E-state index in [0.717, 1.165) is 0 Å². The van der Waals surface area contributed by atoms with Crippen molar-refractivity contribution in [2.45, 2.75) is 6.92 Å². The minimum absolute atomic E-state index is 0.0273. The molecule has 1 amide bonds. The van der Waals surface area contributed by atoms with Crippen LogP contribution in [0, 0.1) is 0 Å². The van der Waals surface area contributed by atoms with Crippen LogP contribution in [0.15, 0.2) is 48.0 Å². The third kappa shape index (κ3) is 4.58. The van der Waals surface area contributed by atoms with E-state index in [9.17, 15) is 9.59 Å². The Kier molecular flexibility index (Phi) is 5.42. The molecular weight excluding hydrogens is 337 g/mol. The van der Waals surface area contributed by atoms with Gasteiger partial charge in [0.05, 0.1) is 11.3 Å². The number of anilines is 1. The van der Waals surface area contributed by atoms with Gasteiger partial charge in [-0.3, -0.25) is 4.79 Å². The average molecular weight is 350 g/mol. The molecule has 0 saturated heterocycles. The van der Waals surface area contributed by atoms with Crippen LogP contribution in [-0.4, -0.2) is 17.0 Å². The number of hydrogen-bond donors (Lipinski definition) is 2. The minimum Gasteiger partial charge on any atom is -0.478 e. The van der Waals surface area contributed by atoms with Crippen LogP contribution in [-0.2, 0) is 4.79 Å². The molecule has 0 fully saturated rings. The normalized spacial score (nSPS) is 11.2. The van der Waals surface area contributed by atoms with Crippen molar-refractivity contribution in [3.05, 3.63) is 69.2 Å². The van der Waals surface area contributed by atoms with Crippen LogP contribution in [0.2, 0.25) is 10.0 Å². The fourth-order valence-electron chi connectivity index (χ4n) is 1.97. The lowest BCUT2D eigenvalue weighted by atomic mass is 10.1. The van der Waals surface area contributed by atoms with Crippen molar-refractivity contribution >= 4 is 46.8 Å². The summed E-state index contributed by atoms with van der Waals surface area (Å²) in [6.07, 6.45) is 1.62. The predicted molar refractivity (Wildman–Crippen MR) is 92.1 cm³/mol. The summed E-state index contributed by atoms with van der Waals surface area (Å²) >= 11 is 11.8. The summed E-state index contributed by atoms with van der Waals surface area (Å²) in [6.45, 7) is 1.62. The topological polar surface area (TPSA) is 66.4 Å². The highest BCUT2D eigenvalue weighted by molar-refractivity contribution is 6.34. The summed E-state index contributed by atoms with van der Waals surface area (Å²) in [6, 6.07) is 11.1. The van der Waals surface area contributed by atoms with E-state index in [1.54, 1.807) is 43.3 Å². The maximum atomic E-state index is 12.2. The lowest BCUT2D eigenvalue weighted by Gasteiger charge is -2.08. The Labute approximate surface area is 143 Å². The molecule has 2 N–H and O–H groups in total. The number of aromatic carboxylic acids is 1. The fourth-order valence-corrected chi connectivity index (χ4v) is 2.52. The van der Waals surface area contributed by atoms with Crippen molar-refractivity contribution in [1.29, 1.82) is 0 Å². The Bertz CT molecular complexity index is 780. The molecule has 0 aliphatic rings. The first-order valence-electron chi connectivity index (χ1n) is 6.65. The van der Waals surface area contributed by atoms with Gasteiger partial charge in [-0.1, -0.05) is 35.3 Å². The molecule has 6 heteroatoms. The molecule has 2 aromatic rings. The second-order valence-electron chi connectivity index (χ2n) is 4.83. The molecule has 23 heavy (non-hydrogen) atoms. The highest BCUT2D eigenvalue weighted by Crippen LogP contribution is 2.21. The Hall–Kier alpha value is -2.30. The molecule has 2 aromatic carbocycles. The maximum Gasteiger partial charge on any atom is 0.337 e. The average Bonchev–Trinajstić information content (AvgIpc) is 2.46. The predicted octanol–water partition coefficient (Wildman–Crippen LogP) is 4.73. The van der Waals surface area contributed by atoms with Crippen LogP contribution >= 0.6 is 23.2 Å². The number of hydrogen-bond acceptors (Lipinski definition) is 2. The first-order chi connectivity index (χ1) is 10.9. The molecule has 0 unspecified atom stereocenters. The van der Waals surface area contributed by atoms with Gasteiger partial charge in [-0.25, -0.2) is 4.79 Å². The SMILES string of the molecule is C/C(=C\c1cc(Cl)cc(Cl)c1)C(=O)Nc1ccccc1C(=O)O. The largest absolute Gasteiger partial charge is 0.478 e. The fraction of sp³-hybridized carbons (Fsp3) is 0.0588. The van der Waals surface area contributed by atoms with Gasteiger partial charge in [0.15, 0.2) is 0 Å². The van der Waals surface area contributed by atoms with Gasteiger partial charge < -0.3 is 10.4 Å². The van der Waals surface area contributed by atoms with Gasteiger partial charge in [-0.2, -0.15) is 0 Å². The number of nitrogens with one attached hydrogen (secondary N) is 1. The lowest BCUT2D eigenvalue weighted by molar-refractivity contribution is -0.112. The van der Waals surface area contributed by atoms with Crippen LogP contribution in [0.5, 0.6) is 0 Å². The number of para-hydroxylation sites is 1. The standard InChI is InChI=1S/C17H13Cl2NO3/c1-10(6-11-7-12(18)9-13(19)8-11)16(21)20-15-5-3-2-4-14(15)17(22)23/h2-9H,1H3,(H,20,21)(H,22,23)/b10-6+. The maximum absolute atomic E-state index is 12.2. The molecule has 2 rings (SSSR count). The monoisotopic (exact) mass is 349 g/mol.